The molecule has 1 aromatic rings. The van der Waals surface area contributed by atoms with E-state index >= 15 is 0 Å². The Morgan fingerprint density at radius 1 is 1.35 bits per heavy atom. The summed E-state index contributed by atoms with van der Waals surface area (Å²) in [7, 11) is 1.97. The number of carbonyl (C=O) groups is 1. The topological polar surface area (TPSA) is 50.2 Å². The molecule has 1 saturated heterocycles. The van der Waals surface area contributed by atoms with Crippen LogP contribution >= 0.6 is 0 Å². The lowest BCUT2D eigenvalue weighted by Gasteiger charge is -2.18. The molecule has 0 radical (unpaired) electrons. The number of hydrogen-bond acceptors (Lipinski definition) is 3. The molecule has 1 fully saturated rings. The van der Waals surface area contributed by atoms with E-state index in [2.05, 4.69) is 24.3 Å². The minimum atomic E-state index is 0.232. The third-order valence-electron chi connectivity index (χ3n) is 4.25. The highest BCUT2D eigenvalue weighted by molar-refractivity contribution is 5.76. The summed E-state index contributed by atoms with van der Waals surface area (Å²) in [5.74, 6) is 0.279. The van der Waals surface area contributed by atoms with Crippen molar-refractivity contribution >= 4 is 5.91 Å². The Hall–Kier alpha value is -1.36. The number of nitrogens with zero attached hydrogens (tertiary/aromatic N) is 3. The highest BCUT2D eigenvalue weighted by Crippen LogP contribution is 2.20. The SMILES string of the molecule is Cc1nn(C)c(C)c1C(C)NCCC(=O)N1CCCC1. The van der Waals surface area contributed by atoms with Gasteiger partial charge in [0.25, 0.3) is 0 Å². The highest BCUT2D eigenvalue weighted by atomic mass is 16.2. The number of likely N-dealkylation sites (tertiary alicyclic amines) is 1. The van der Waals surface area contributed by atoms with Crippen molar-refractivity contribution < 1.29 is 4.79 Å². The van der Waals surface area contributed by atoms with Gasteiger partial charge < -0.3 is 10.2 Å². The molecular formula is C15H26N4O. The molecule has 112 valence electrons. The number of aryl methyl sites for hydroxylation is 2. The Bertz CT molecular complexity index is 474. The molecule has 0 saturated carbocycles. The van der Waals surface area contributed by atoms with Gasteiger partial charge in [-0.15, -0.1) is 0 Å². The van der Waals surface area contributed by atoms with Gasteiger partial charge in [0.05, 0.1) is 5.69 Å². The van der Waals surface area contributed by atoms with E-state index in [4.69, 9.17) is 0 Å². The molecule has 1 amide bonds. The predicted octanol–water partition coefficient (Wildman–Crippen LogP) is 1.70. The van der Waals surface area contributed by atoms with Crippen molar-refractivity contribution in [1.82, 2.24) is 20.0 Å². The normalized spacial score (nSPS) is 16.7. The summed E-state index contributed by atoms with van der Waals surface area (Å²) in [4.78, 5) is 13.9. The van der Waals surface area contributed by atoms with Crippen LogP contribution in [0.25, 0.3) is 0 Å². The predicted molar refractivity (Wildman–Crippen MR) is 79.5 cm³/mol. The average Bonchev–Trinajstić information content (AvgIpc) is 2.99. The van der Waals surface area contributed by atoms with Crippen molar-refractivity contribution in [3.05, 3.63) is 17.0 Å². The Labute approximate surface area is 121 Å². The summed E-state index contributed by atoms with van der Waals surface area (Å²) in [6.07, 6.45) is 2.90. The number of amides is 1. The summed E-state index contributed by atoms with van der Waals surface area (Å²) in [6.45, 7) is 8.87. The van der Waals surface area contributed by atoms with Crippen LogP contribution in [0.1, 0.15) is 49.2 Å². The van der Waals surface area contributed by atoms with Crippen LogP contribution in [-0.2, 0) is 11.8 Å². The first-order valence-corrected chi connectivity index (χ1v) is 7.52. The van der Waals surface area contributed by atoms with Crippen LogP contribution in [0.3, 0.4) is 0 Å². The van der Waals surface area contributed by atoms with Crippen molar-refractivity contribution in [3.63, 3.8) is 0 Å². The Morgan fingerprint density at radius 3 is 2.55 bits per heavy atom. The van der Waals surface area contributed by atoms with E-state index in [0.29, 0.717) is 6.42 Å². The summed E-state index contributed by atoms with van der Waals surface area (Å²) in [5, 5.41) is 7.89. The molecule has 1 aliphatic heterocycles. The Morgan fingerprint density at radius 2 is 2.00 bits per heavy atom. The zero-order valence-corrected chi connectivity index (χ0v) is 13.1. The summed E-state index contributed by atoms with van der Waals surface area (Å²) in [6, 6.07) is 0.232. The van der Waals surface area contributed by atoms with Gasteiger partial charge in [-0.3, -0.25) is 9.48 Å². The molecule has 1 unspecified atom stereocenters. The molecule has 1 aromatic heterocycles. The van der Waals surface area contributed by atoms with Crippen molar-refractivity contribution in [2.75, 3.05) is 19.6 Å². The molecule has 0 aromatic carbocycles. The molecule has 1 N–H and O–H groups in total. The van der Waals surface area contributed by atoms with Gasteiger partial charge in [0, 0.05) is 50.4 Å². The average molecular weight is 278 g/mol. The van der Waals surface area contributed by atoms with Crippen molar-refractivity contribution in [2.24, 2.45) is 7.05 Å². The van der Waals surface area contributed by atoms with Crippen LogP contribution in [0.15, 0.2) is 0 Å². The monoisotopic (exact) mass is 278 g/mol. The van der Waals surface area contributed by atoms with E-state index in [1.807, 2.05) is 23.6 Å². The summed E-state index contributed by atoms with van der Waals surface area (Å²) < 4.78 is 1.91. The van der Waals surface area contributed by atoms with Crippen LogP contribution in [0, 0.1) is 13.8 Å². The maximum Gasteiger partial charge on any atom is 0.223 e. The minimum Gasteiger partial charge on any atom is -0.343 e. The van der Waals surface area contributed by atoms with Crippen LogP contribution < -0.4 is 5.32 Å². The smallest absolute Gasteiger partial charge is 0.223 e. The fourth-order valence-electron chi connectivity index (χ4n) is 3.04. The van der Waals surface area contributed by atoms with Gasteiger partial charge >= 0.3 is 0 Å². The molecule has 5 nitrogen and oxygen atoms in total. The second-order valence-electron chi connectivity index (χ2n) is 5.72. The fraction of sp³-hybridized carbons (Fsp3) is 0.733. The molecule has 20 heavy (non-hydrogen) atoms. The molecule has 0 aliphatic carbocycles. The van der Waals surface area contributed by atoms with E-state index in [1.165, 1.54) is 11.3 Å². The Kier molecular flexibility index (Phi) is 4.81. The summed E-state index contributed by atoms with van der Waals surface area (Å²) in [5.41, 5.74) is 3.50. The van der Waals surface area contributed by atoms with Gasteiger partial charge in [0.2, 0.25) is 5.91 Å². The van der Waals surface area contributed by atoms with Crippen molar-refractivity contribution in [1.29, 1.82) is 0 Å². The quantitative estimate of drug-likeness (QED) is 0.892. The van der Waals surface area contributed by atoms with Crippen molar-refractivity contribution in [2.45, 2.75) is 46.1 Å². The van der Waals surface area contributed by atoms with Gasteiger partial charge in [0.1, 0.15) is 0 Å². The van der Waals surface area contributed by atoms with Crippen LogP contribution in [0.2, 0.25) is 0 Å². The molecule has 2 rings (SSSR count). The number of rotatable bonds is 5. The highest BCUT2D eigenvalue weighted by Gasteiger charge is 2.19. The number of aromatic nitrogens is 2. The van der Waals surface area contributed by atoms with Gasteiger partial charge in [-0.25, -0.2) is 0 Å². The van der Waals surface area contributed by atoms with E-state index in [9.17, 15) is 4.79 Å². The first-order valence-electron chi connectivity index (χ1n) is 7.52. The zero-order valence-electron chi connectivity index (χ0n) is 13.1. The van der Waals surface area contributed by atoms with Crippen LogP contribution in [0.5, 0.6) is 0 Å². The lowest BCUT2D eigenvalue weighted by atomic mass is 10.1. The molecule has 2 heterocycles. The third kappa shape index (κ3) is 3.20. The van der Waals surface area contributed by atoms with E-state index < -0.39 is 0 Å². The summed E-state index contributed by atoms with van der Waals surface area (Å²) >= 11 is 0. The molecule has 1 atom stereocenters. The molecule has 1 aliphatic rings. The molecule has 0 bridgehead atoms. The van der Waals surface area contributed by atoms with E-state index in [1.54, 1.807) is 0 Å². The number of carbonyl (C=O) groups excluding carboxylic acids is 1. The number of nitrogens with one attached hydrogen (secondary N) is 1. The lowest BCUT2D eigenvalue weighted by Crippen LogP contribution is -2.31. The van der Waals surface area contributed by atoms with E-state index in [0.717, 1.165) is 38.2 Å². The minimum absolute atomic E-state index is 0.232. The maximum atomic E-state index is 12.0. The Balaban J connectivity index is 1.83. The molecule has 0 spiro atoms. The standard InChI is InChI=1S/C15H26N4O/c1-11(15-12(2)17-18(4)13(15)3)16-8-7-14(20)19-9-5-6-10-19/h11,16H,5-10H2,1-4H3. The lowest BCUT2D eigenvalue weighted by molar-refractivity contribution is -0.130. The first-order chi connectivity index (χ1) is 9.50. The molecule has 5 heteroatoms. The van der Waals surface area contributed by atoms with Gasteiger partial charge in [-0.1, -0.05) is 0 Å². The first kappa shape index (κ1) is 15.0. The fourth-order valence-corrected chi connectivity index (χ4v) is 3.04. The largest absolute Gasteiger partial charge is 0.343 e. The van der Waals surface area contributed by atoms with Gasteiger partial charge in [0.15, 0.2) is 0 Å². The zero-order chi connectivity index (χ0) is 14.7. The van der Waals surface area contributed by atoms with Crippen LogP contribution in [0.4, 0.5) is 0 Å². The third-order valence-corrected chi connectivity index (χ3v) is 4.25. The second kappa shape index (κ2) is 6.39. The number of hydrogen-bond donors (Lipinski definition) is 1. The molecular weight excluding hydrogens is 252 g/mol. The van der Waals surface area contributed by atoms with Gasteiger partial charge in [-0.05, 0) is 33.6 Å². The maximum absolute atomic E-state index is 12.0. The van der Waals surface area contributed by atoms with Crippen LogP contribution in [-0.4, -0.2) is 40.2 Å². The van der Waals surface area contributed by atoms with Gasteiger partial charge in [-0.2, -0.15) is 5.10 Å². The van der Waals surface area contributed by atoms with E-state index in [-0.39, 0.29) is 11.9 Å². The van der Waals surface area contributed by atoms with Crippen molar-refractivity contribution in [3.8, 4) is 0 Å². The second-order valence-corrected chi connectivity index (χ2v) is 5.72.